The Hall–Kier alpha value is -4.49. The Labute approximate surface area is 598 Å². The highest BCUT2D eigenvalue weighted by atomic mass is 32.2. The second kappa shape index (κ2) is 54.2. The molecule has 9 N–H and O–H groups in total. The van der Waals surface area contributed by atoms with E-state index in [1.165, 1.54) is 0 Å². The number of fused-ring (bicyclic) bond motifs is 1. The summed E-state index contributed by atoms with van der Waals surface area (Å²) in [4.78, 5) is 192. The first-order valence-corrected chi connectivity index (χ1v) is 39.8. The third kappa shape index (κ3) is 49.0. The number of unbranched alkanes of at least 4 members (excludes halogenated alkanes) is 10. The van der Waals surface area contributed by atoms with Crippen molar-refractivity contribution in [3.8, 4) is 0 Å². The fourth-order valence-electron chi connectivity index (χ4n) is 9.32. The van der Waals surface area contributed by atoms with E-state index in [4.69, 9.17) is 55.2 Å². The van der Waals surface area contributed by atoms with E-state index in [0.717, 1.165) is 70.3 Å². The molecule has 0 aromatic heterocycles. The third-order valence-electron chi connectivity index (χ3n) is 14.5. The van der Waals surface area contributed by atoms with Crippen LogP contribution in [0.2, 0.25) is 25.3 Å². The summed E-state index contributed by atoms with van der Waals surface area (Å²) in [7, 11) is 2.11. The van der Waals surface area contributed by atoms with E-state index in [2.05, 4.69) is 46.3 Å². The third-order valence-corrected chi connectivity index (χ3v) is 19.0. The van der Waals surface area contributed by atoms with Crippen molar-refractivity contribution < 1.29 is 123 Å². The molecule has 0 aliphatic carbocycles. The summed E-state index contributed by atoms with van der Waals surface area (Å²) in [6, 6.07) is 0.234. The van der Waals surface area contributed by atoms with Gasteiger partial charge in [-0.25, -0.2) is 4.79 Å². The number of thioether (sulfide) groups is 1. The zero-order chi connectivity index (χ0) is 75.7. The molecule has 0 bridgehead atoms. The van der Waals surface area contributed by atoms with Crippen LogP contribution in [0.4, 0.5) is 4.79 Å². The van der Waals surface area contributed by atoms with Gasteiger partial charge >= 0.3 is 6.03 Å². The van der Waals surface area contributed by atoms with Crippen LogP contribution in [0.1, 0.15) is 103 Å². The van der Waals surface area contributed by atoms with Gasteiger partial charge in [0.05, 0.1) is 125 Å². The molecule has 38 nitrogen and oxygen atoms in total. The van der Waals surface area contributed by atoms with E-state index in [0.29, 0.717) is 82.7 Å². The van der Waals surface area contributed by atoms with Crippen molar-refractivity contribution in [2.24, 2.45) is 5.73 Å². The molecule has 2 rings (SSSR count). The fraction of sp³-hybridized carbons (Fsp3) is 0.815. The van der Waals surface area contributed by atoms with Crippen LogP contribution in [-0.4, -0.2) is 265 Å². The molecule has 5 atom stereocenters. The number of phosphoric acid groups is 4. The summed E-state index contributed by atoms with van der Waals surface area (Å²) in [6.07, 6.45) is 8.90. The van der Waals surface area contributed by atoms with Gasteiger partial charge in [0.1, 0.15) is 0 Å². The topological polar surface area (TPSA) is 556 Å². The van der Waals surface area contributed by atoms with E-state index in [9.17, 15) is 95.6 Å². The number of rotatable bonds is 58. The summed E-state index contributed by atoms with van der Waals surface area (Å²) in [6.45, 7) is -3.80. The second-order valence-electron chi connectivity index (χ2n) is 22.5. The van der Waals surface area contributed by atoms with Crippen LogP contribution in [0.5, 0.6) is 0 Å². The quantitative estimate of drug-likeness (QED) is 0.0122. The number of urea groups is 1. The monoisotopic (exact) mass is 1530 g/mol. The average molecular weight is 1530 g/mol. The zero-order valence-electron chi connectivity index (χ0n) is 56.7. The average Bonchev–Trinajstić information content (AvgIpc) is 1.67. The van der Waals surface area contributed by atoms with Crippen molar-refractivity contribution in [2.75, 3.05) is 137 Å². The molecule has 570 valence electrons. The molecule has 2 saturated heterocycles. The zero-order valence-corrected chi connectivity index (χ0v) is 61.1. The van der Waals surface area contributed by atoms with Gasteiger partial charge in [0.2, 0.25) is 53.2 Å². The largest absolute Gasteiger partial charge is 0.790 e. The van der Waals surface area contributed by atoms with Gasteiger partial charge in [-0.05, 0) is 83.2 Å². The standard InChI is InChI=1S/C30H53B2N7O14P2S.C24H47B2N5O12P2/c31-17-27(43)38(19-26(42)35-11-15-51-54(46,47)48)12-10-34-25(41)20-39(28(44)18-32)13-16-53-55(49,50)52-14-6-2-1-5-9-33-24(40)8-4-3-7-23-29-22(21-56-23)36-30(45)37-29;25-17-23(34)30(19-21(32)28-10-6-2-4-7-14-41-44(36,37)38)12-11-29-22(33)20-31(24(35)18-26)13-16-43-45(39,40)42-15-8-3-1-5-9-27/h22-23,29H,1-21H2,(H,33,40)(H,34,41)(H,35,42)(H,49,50)(H2,36,37,45)(H2,46,47,48);1-20,27H2,(H,28,32)(H,29,33)(H,39,40)(H2,36,37,38)/p-6. The minimum Gasteiger partial charge on any atom is -0.790 e. The Bertz CT molecular complexity index is 2730. The van der Waals surface area contributed by atoms with Gasteiger partial charge in [-0.2, -0.15) is 11.8 Å². The van der Waals surface area contributed by atoms with E-state index in [1.54, 1.807) is 0 Å². The molecule has 0 aromatic rings. The Balaban J connectivity index is 0.00000104. The van der Waals surface area contributed by atoms with Crippen molar-refractivity contribution >= 4 is 134 Å². The summed E-state index contributed by atoms with van der Waals surface area (Å²) in [5, 5.41) is 19.0. The number of phosphoric ester groups is 4. The number of carbonyl (C=O) groups is 10. The van der Waals surface area contributed by atoms with E-state index in [-0.39, 0.29) is 103 Å². The molecule has 11 amide bonds. The van der Waals surface area contributed by atoms with Gasteiger partial charge in [-0.3, -0.25) is 52.3 Å². The molecular weight excluding hydrogens is 1430 g/mol. The van der Waals surface area contributed by atoms with Crippen molar-refractivity contribution in [3.63, 3.8) is 0 Å². The highest BCUT2D eigenvalue weighted by Crippen LogP contribution is 2.39. The van der Waals surface area contributed by atoms with Crippen LogP contribution in [0.15, 0.2) is 0 Å². The number of amides is 11. The van der Waals surface area contributed by atoms with Crippen molar-refractivity contribution in [1.82, 2.24) is 56.8 Å². The maximum absolute atomic E-state index is 12.5. The number of hydrogen-bond acceptors (Lipinski definition) is 28. The van der Waals surface area contributed by atoms with Crippen LogP contribution in [0.3, 0.4) is 0 Å². The normalized spacial score (nSPS) is 16.0. The maximum atomic E-state index is 12.5. The molecule has 2 fully saturated rings. The predicted molar refractivity (Wildman–Crippen MR) is 358 cm³/mol. The second-order valence-corrected chi connectivity index (χ2v) is 28.9. The lowest BCUT2D eigenvalue weighted by Gasteiger charge is -2.28. The van der Waals surface area contributed by atoms with Gasteiger partial charge in [-0.15, -0.1) is 0 Å². The molecule has 5 unspecified atom stereocenters. The number of nitrogens with zero attached hydrogens (tertiary/aromatic N) is 4. The van der Waals surface area contributed by atoms with E-state index >= 15 is 0 Å². The maximum Gasteiger partial charge on any atom is 0.315 e. The molecule has 0 spiro atoms. The van der Waals surface area contributed by atoms with Crippen molar-refractivity contribution in [1.29, 1.82) is 0 Å². The summed E-state index contributed by atoms with van der Waals surface area (Å²) < 4.78 is 72.4. The first kappa shape index (κ1) is 94.5. The Morgan fingerprint density at radius 3 is 1.21 bits per heavy atom. The van der Waals surface area contributed by atoms with Crippen LogP contribution in [-0.2, 0) is 88.6 Å². The molecule has 2 aliphatic rings. The number of nitrogens with one attached hydrogen (secondary N) is 7. The minimum atomic E-state index is -5.21. The molecule has 2 heterocycles. The lowest BCUT2D eigenvalue weighted by molar-refractivity contribution is -0.343. The minimum absolute atomic E-state index is 0.0210. The highest BCUT2D eigenvalue weighted by molar-refractivity contribution is 8.00. The number of hydrogen-bond donors (Lipinski definition) is 8. The predicted octanol–water partition coefficient (Wildman–Crippen LogP) is -5.73. The van der Waals surface area contributed by atoms with Gasteiger partial charge in [-0.1, -0.05) is 44.9 Å². The molecule has 0 saturated carbocycles. The Morgan fingerprint density at radius 1 is 0.436 bits per heavy atom. The van der Waals surface area contributed by atoms with Crippen molar-refractivity contribution in [2.45, 2.75) is 145 Å². The Morgan fingerprint density at radius 2 is 0.792 bits per heavy atom. The SMILES string of the molecule is [B]CC(=O)N(CCNC(=O)CN(CCOP(=O)([O-])OCCCCCCN)C(=O)C[B])CC(=O)NCCCCCCOP(=O)([O-])[O-].[B]CC(=O)N(CCNC(=O)CN(CCOP(=O)([O-])OCCCCCCNC(=O)CCCCC1SCC2NC(=O)NC21)C(=O)C[B])CC(=O)NCCOP(=O)([O-])[O-]. The smallest absolute Gasteiger partial charge is 0.315 e. The van der Waals surface area contributed by atoms with E-state index < -0.39 is 137 Å². The lowest BCUT2D eigenvalue weighted by atomic mass is 10.0. The Kier molecular flexibility index (Phi) is 50.7. The van der Waals surface area contributed by atoms with Crippen LogP contribution >= 0.6 is 43.1 Å². The highest BCUT2D eigenvalue weighted by Gasteiger charge is 2.42. The number of nitrogens with two attached hydrogens (primary N) is 1. The molecule has 8 radical (unpaired) electrons. The molecule has 47 heteroatoms. The number of carbonyl (C=O) groups excluding carboxylic acids is 10. The molecule has 0 aromatic carbocycles. The van der Waals surface area contributed by atoms with Crippen LogP contribution < -0.4 is 72.3 Å². The van der Waals surface area contributed by atoms with E-state index in [1.807, 2.05) is 11.8 Å². The van der Waals surface area contributed by atoms with Crippen molar-refractivity contribution in [3.05, 3.63) is 0 Å². The summed E-state index contributed by atoms with van der Waals surface area (Å²) >= 11 is 1.85. The molecule has 101 heavy (non-hydrogen) atoms. The fourth-order valence-corrected chi connectivity index (χ4v) is 13.0. The van der Waals surface area contributed by atoms with Crippen LogP contribution in [0.25, 0.3) is 0 Å². The van der Waals surface area contributed by atoms with Gasteiger partial charge in [0.25, 0.3) is 15.6 Å². The summed E-state index contributed by atoms with van der Waals surface area (Å²) in [5.41, 5.74) is 5.40. The van der Waals surface area contributed by atoms with Gasteiger partial charge in [0.15, 0.2) is 0 Å². The molecular formula is C54H94B4N12O26P4S-6. The van der Waals surface area contributed by atoms with Gasteiger partial charge < -0.3 is 128 Å². The van der Waals surface area contributed by atoms with Gasteiger partial charge in [0, 0.05) is 76.3 Å². The van der Waals surface area contributed by atoms with Crippen LogP contribution in [0, 0.1) is 0 Å². The lowest BCUT2D eigenvalue weighted by Crippen LogP contribution is -2.46. The first-order chi connectivity index (χ1) is 47.8. The molecule has 2 aliphatic heterocycles. The first-order valence-electron chi connectivity index (χ1n) is 32.9. The summed E-state index contributed by atoms with van der Waals surface area (Å²) in [5.74, 6) is -4.11.